The number of aromatic nitrogens is 1. The van der Waals surface area contributed by atoms with Gasteiger partial charge in [-0.15, -0.1) is 0 Å². The van der Waals surface area contributed by atoms with E-state index in [9.17, 15) is 4.79 Å². The third-order valence-electron chi connectivity index (χ3n) is 2.79. The van der Waals surface area contributed by atoms with Crippen molar-refractivity contribution in [3.8, 4) is 0 Å². The summed E-state index contributed by atoms with van der Waals surface area (Å²) in [5.74, 6) is 1.05. The van der Waals surface area contributed by atoms with Crippen LogP contribution in [0.2, 0.25) is 0 Å². The monoisotopic (exact) mass is 206 g/mol. The van der Waals surface area contributed by atoms with Crippen molar-refractivity contribution < 1.29 is 9.90 Å². The van der Waals surface area contributed by atoms with E-state index in [4.69, 9.17) is 5.11 Å². The number of hydrogen-bond donors (Lipinski definition) is 1. The molecule has 1 aromatic rings. The van der Waals surface area contributed by atoms with E-state index in [-0.39, 0.29) is 6.61 Å². The molecule has 2 rings (SSSR count). The van der Waals surface area contributed by atoms with E-state index in [1.54, 1.807) is 18.3 Å². The molecule has 1 fully saturated rings. The van der Waals surface area contributed by atoms with Crippen molar-refractivity contribution in [2.75, 3.05) is 24.6 Å². The molecule has 0 bridgehead atoms. The minimum absolute atomic E-state index is 0.208. The Kier molecular flexibility index (Phi) is 2.97. The highest BCUT2D eigenvalue weighted by Gasteiger charge is 2.24. The first-order valence-corrected chi connectivity index (χ1v) is 5.11. The van der Waals surface area contributed by atoms with Gasteiger partial charge in [-0.2, -0.15) is 0 Å². The predicted molar refractivity (Wildman–Crippen MR) is 57.0 cm³/mol. The van der Waals surface area contributed by atoms with Crippen LogP contribution in [0.1, 0.15) is 16.8 Å². The Bertz CT molecular complexity index is 354. The van der Waals surface area contributed by atoms with E-state index in [1.165, 1.54) is 0 Å². The van der Waals surface area contributed by atoms with Crippen LogP contribution in [-0.2, 0) is 0 Å². The van der Waals surface area contributed by atoms with Gasteiger partial charge in [0.2, 0.25) is 0 Å². The average molecular weight is 206 g/mol. The van der Waals surface area contributed by atoms with E-state index in [2.05, 4.69) is 9.88 Å². The summed E-state index contributed by atoms with van der Waals surface area (Å²) in [5.41, 5.74) is 0.621. The van der Waals surface area contributed by atoms with Gasteiger partial charge < -0.3 is 10.0 Å². The van der Waals surface area contributed by atoms with Crippen molar-refractivity contribution >= 4 is 12.1 Å². The number of carbonyl (C=O) groups excluding carboxylic acids is 1. The molecule has 1 saturated heterocycles. The first-order valence-electron chi connectivity index (χ1n) is 5.11. The smallest absolute Gasteiger partial charge is 0.153 e. The SMILES string of the molecule is O=Cc1cccnc1N1CCC(CO)C1. The average Bonchev–Trinajstić information content (AvgIpc) is 2.77. The summed E-state index contributed by atoms with van der Waals surface area (Å²) in [6, 6.07) is 3.52. The molecule has 80 valence electrons. The van der Waals surface area contributed by atoms with Crippen LogP contribution in [0, 0.1) is 5.92 Å². The lowest BCUT2D eigenvalue weighted by Gasteiger charge is -2.18. The summed E-state index contributed by atoms with van der Waals surface area (Å²) in [7, 11) is 0. The van der Waals surface area contributed by atoms with Gasteiger partial charge in [0.1, 0.15) is 5.82 Å². The molecular weight excluding hydrogens is 192 g/mol. The second-order valence-corrected chi connectivity index (χ2v) is 3.82. The normalized spacial score (nSPS) is 20.6. The van der Waals surface area contributed by atoms with Gasteiger partial charge in [-0.05, 0) is 18.6 Å². The highest BCUT2D eigenvalue weighted by Crippen LogP contribution is 2.23. The Balaban J connectivity index is 2.19. The molecule has 0 aromatic carbocycles. The summed E-state index contributed by atoms with van der Waals surface area (Å²) in [4.78, 5) is 17.1. The van der Waals surface area contributed by atoms with Crippen LogP contribution in [0.5, 0.6) is 0 Å². The lowest BCUT2D eigenvalue weighted by Crippen LogP contribution is -2.22. The Labute approximate surface area is 88.6 Å². The number of carbonyl (C=O) groups is 1. The van der Waals surface area contributed by atoms with Crippen LogP contribution in [0.4, 0.5) is 5.82 Å². The molecule has 1 aliphatic heterocycles. The van der Waals surface area contributed by atoms with Crippen LogP contribution in [0.25, 0.3) is 0 Å². The molecule has 2 heterocycles. The number of pyridine rings is 1. The molecule has 1 atom stereocenters. The third kappa shape index (κ3) is 1.99. The number of aliphatic hydroxyl groups is 1. The highest BCUT2D eigenvalue weighted by molar-refractivity contribution is 5.82. The number of rotatable bonds is 3. The number of anilines is 1. The fraction of sp³-hybridized carbons (Fsp3) is 0.455. The van der Waals surface area contributed by atoms with E-state index in [0.717, 1.165) is 31.6 Å². The second-order valence-electron chi connectivity index (χ2n) is 3.82. The molecule has 1 aliphatic rings. The largest absolute Gasteiger partial charge is 0.396 e. The Morgan fingerprint density at radius 1 is 1.67 bits per heavy atom. The maximum absolute atomic E-state index is 10.8. The van der Waals surface area contributed by atoms with Gasteiger partial charge in [0.15, 0.2) is 6.29 Å². The van der Waals surface area contributed by atoms with Crippen molar-refractivity contribution in [3.05, 3.63) is 23.9 Å². The molecule has 0 spiro atoms. The van der Waals surface area contributed by atoms with Gasteiger partial charge in [-0.1, -0.05) is 0 Å². The Morgan fingerprint density at radius 2 is 2.53 bits per heavy atom. The molecule has 4 nitrogen and oxygen atoms in total. The van der Waals surface area contributed by atoms with Crippen LogP contribution in [-0.4, -0.2) is 36.1 Å². The van der Waals surface area contributed by atoms with Gasteiger partial charge in [-0.3, -0.25) is 4.79 Å². The van der Waals surface area contributed by atoms with Gasteiger partial charge >= 0.3 is 0 Å². The quantitative estimate of drug-likeness (QED) is 0.740. The number of nitrogens with zero attached hydrogens (tertiary/aromatic N) is 2. The molecule has 0 saturated carbocycles. The molecule has 0 aliphatic carbocycles. The van der Waals surface area contributed by atoms with Gasteiger partial charge in [0.05, 0.1) is 5.56 Å². The fourth-order valence-electron chi connectivity index (χ4n) is 1.94. The molecule has 1 unspecified atom stereocenters. The summed E-state index contributed by atoms with van der Waals surface area (Å²) < 4.78 is 0. The van der Waals surface area contributed by atoms with E-state index < -0.39 is 0 Å². The van der Waals surface area contributed by atoms with E-state index in [0.29, 0.717) is 11.5 Å². The molecule has 0 radical (unpaired) electrons. The zero-order valence-corrected chi connectivity index (χ0v) is 8.47. The zero-order chi connectivity index (χ0) is 10.7. The standard InChI is InChI=1S/C11H14N2O2/c14-7-9-3-5-13(6-9)11-10(8-15)2-1-4-12-11/h1-2,4,8-9,14H,3,5-7H2. The summed E-state index contributed by atoms with van der Waals surface area (Å²) in [5, 5.41) is 9.04. The van der Waals surface area contributed by atoms with Crippen LogP contribution < -0.4 is 4.90 Å². The topological polar surface area (TPSA) is 53.4 Å². The fourth-order valence-corrected chi connectivity index (χ4v) is 1.94. The van der Waals surface area contributed by atoms with Gasteiger partial charge in [0, 0.05) is 31.8 Å². The predicted octanol–water partition coefficient (Wildman–Crippen LogP) is 0.713. The Hall–Kier alpha value is -1.42. The minimum atomic E-state index is 0.208. The lowest BCUT2D eigenvalue weighted by molar-refractivity contribution is 0.112. The molecule has 15 heavy (non-hydrogen) atoms. The van der Waals surface area contributed by atoms with Crippen LogP contribution in [0.3, 0.4) is 0 Å². The van der Waals surface area contributed by atoms with E-state index in [1.807, 2.05) is 0 Å². The molecule has 1 aromatic heterocycles. The summed E-state index contributed by atoms with van der Waals surface area (Å²) in [6.07, 6.45) is 3.48. The van der Waals surface area contributed by atoms with Crippen molar-refractivity contribution in [2.24, 2.45) is 5.92 Å². The number of hydrogen-bond acceptors (Lipinski definition) is 4. The Morgan fingerprint density at radius 3 is 3.20 bits per heavy atom. The van der Waals surface area contributed by atoms with E-state index >= 15 is 0 Å². The maximum atomic E-state index is 10.8. The highest BCUT2D eigenvalue weighted by atomic mass is 16.3. The second kappa shape index (κ2) is 4.40. The zero-order valence-electron chi connectivity index (χ0n) is 8.47. The van der Waals surface area contributed by atoms with Crippen LogP contribution >= 0.6 is 0 Å². The third-order valence-corrected chi connectivity index (χ3v) is 2.79. The van der Waals surface area contributed by atoms with Crippen molar-refractivity contribution in [1.82, 2.24) is 4.98 Å². The first-order chi connectivity index (χ1) is 7.35. The van der Waals surface area contributed by atoms with Gasteiger partial charge in [0.25, 0.3) is 0 Å². The van der Waals surface area contributed by atoms with Crippen LogP contribution in [0.15, 0.2) is 18.3 Å². The van der Waals surface area contributed by atoms with Crippen molar-refractivity contribution in [2.45, 2.75) is 6.42 Å². The van der Waals surface area contributed by atoms with Crippen molar-refractivity contribution in [1.29, 1.82) is 0 Å². The number of aliphatic hydroxyl groups excluding tert-OH is 1. The minimum Gasteiger partial charge on any atom is -0.396 e. The van der Waals surface area contributed by atoms with Crippen molar-refractivity contribution in [3.63, 3.8) is 0 Å². The molecule has 0 amide bonds. The summed E-state index contributed by atoms with van der Waals surface area (Å²) in [6.45, 7) is 1.86. The van der Waals surface area contributed by atoms with Gasteiger partial charge in [-0.25, -0.2) is 4.98 Å². The number of aldehydes is 1. The first kappa shape index (κ1) is 10.1. The maximum Gasteiger partial charge on any atom is 0.153 e. The lowest BCUT2D eigenvalue weighted by atomic mass is 10.1. The summed E-state index contributed by atoms with van der Waals surface area (Å²) >= 11 is 0. The molecular formula is C11H14N2O2. The molecule has 1 N–H and O–H groups in total. The molecule has 4 heteroatoms.